The third kappa shape index (κ3) is 4.94. The van der Waals surface area contributed by atoms with E-state index < -0.39 is 15.6 Å². The maximum Gasteiger partial charge on any atom is 0.241 e. The van der Waals surface area contributed by atoms with Crippen LogP contribution in [0.5, 0.6) is 5.75 Å². The number of sulfonamides is 1. The molecule has 7 heteroatoms. The molecule has 0 aliphatic rings. The van der Waals surface area contributed by atoms with E-state index in [9.17, 15) is 8.42 Å². The molecule has 0 aliphatic heterocycles. The highest BCUT2D eigenvalue weighted by molar-refractivity contribution is 7.89. The molecule has 0 radical (unpaired) electrons. The van der Waals surface area contributed by atoms with E-state index in [1.165, 1.54) is 6.07 Å². The average molecular weight is 349 g/mol. The molecule has 6 nitrogen and oxygen atoms in total. The van der Waals surface area contributed by atoms with Crippen molar-refractivity contribution in [2.24, 2.45) is 0 Å². The van der Waals surface area contributed by atoms with Gasteiger partial charge in [-0.25, -0.2) is 13.1 Å². The molecule has 1 aromatic carbocycles. The van der Waals surface area contributed by atoms with Crippen LogP contribution in [-0.2, 0) is 16.6 Å². The number of aromatic nitrogens is 1. The first kappa shape index (κ1) is 18.2. The van der Waals surface area contributed by atoms with Gasteiger partial charge in [0.1, 0.15) is 5.75 Å². The molecule has 0 saturated carbocycles. The number of ether oxygens (including phenoxy) is 1. The summed E-state index contributed by atoms with van der Waals surface area (Å²) < 4.78 is 32.9. The fourth-order valence-corrected chi connectivity index (χ4v) is 3.60. The molecule has 24 heavy (non-hydrogen) atoms. The summed E-state index contributed by atoms with van der Waals surface area (Å²) in [5.74, 6) is 0.582. The summed E-state index contributed by atoms with van der Waals surface area (Å²) in [6.45, 7) is 5.94. The Hall–Kier alpha value is -2.12. The summed E-state index contributed by atoms with van der Waals surface area (Å²) in [6.07, 6.45) is 3.42. The molecular weight excluding hydrogens is 326 g/mol. The van der Waals surface area contributed by atoms with Crippen LogP contribution in [0.3, 0.4) is 0 Å². The highest BCUT2D eigenvalue weighted by Gasteiger charge is 2.23. The number of nitrogens with one attached hydrogen (secondary N) is 2. The van der Waals surface area contributed by atoms with Crippen molar-refractivity contribution in [2.75, 3.05) is 12.4 Å². The molecule has 2 aromatic rings. The maximum absolute atomic E-state index is 12.5. The fraction of sp³-hybridized carbons (Fsp3) is 0.353. The minimum absolute atomic E-state index is 0.190. The first-order chi connectivity index (χ1) is 11.2. The smallest absolute Gasteiger partial charge is 0.241 e. The van der Waals surface area contributed by atoms with E-state index in [2.05, 4.69) is 15.0 Å². The van der Waals surface area contributed by atoms with Gasteiger partial charge in [0.05, 0.1) is 17.7 Å². The van der Waals surface area contributed by atoms with Crippen molar-refractivity contribution in [3.63, 3.8) is 0 Å². The van der Waals surface area contributed by atoms with Crippen LogP contribution in [0.1, 0.15) is 26.3 Å². The van der Waals surface area contributed by atoms with Gasteiger partial charge in [-0.15, -0.1) is 0 Å². The molecule has 0 spiro atoms. The third-order valence-electron chi connectivity index (χ3n) is 3.15. The molecule has 0 fully saturated rings. The van der Waals surface area contributed by atoms with Crippen molar-refractivity contribution in [1.29, 1.82) is 0 Å². The van der Waals surface area contributed by atoms with Crippen LogP contribution >= 0.6 is 0 Å². The van der Waals surface area contributed by atoms with Crippen LogP contribution < -0.4 is 14.8 Å². The normalized spacial score (nSPS) is 12.0. The summed E-state index contributed by atoms with van der Waals surface area (Å²) in [4.78, 5) is 4.16. The van der Waals surface area contributed by atoms with Gasteiger partial charge in [-0.1, -0.05) is 0 Å². The Bertz CT molecular complexity index is 784. The Morgan fingerprint density at radius 1 is 1.12 bits per heavy atom. The zero-order valence-electron chi connectivity index (χ0n) is 14.3. The molecule has 0 atom stereocenters. The van der Waals surface area contributed by atoms with Gasteiger partial charge in [0, 0.05) is 24.5 Å². The maximum atomic E-state index is 12.5. The van der Waals surface area contributed by atoms with Crippen molar-refractivity contribution in [3.05, 3.63) is 48.3 Å². The molecule has 2 rings (SSSR count). The van der Waals surface area contributed by atoms with E-state index in [0.29, 0.717) is 18.0 Å². The molecule has 1 aromatic heterocycles. The first-order valence-electron chi connectivity index (χ1n) is 7.56. The van der Waals surface area contributed by atoms with Gasteiger partial charge in [-0.05, 0) is 56.7 Å². The van der Waals surface area contributed by atoms with Gasteiger partial charge in [0.2, 0.25) is 10.0 Å². The van der Waals surface area contributed by atoms with Crippen molar-refractivity contribution in [2.45, 2.75) is 37.8 Å². The second kappa shape index (κ2) is 7.19. The van der Waals surface area contributed by atoms with Gasteiger partial charge < -0.3 is 10.1 Å². The Morgan fingerprint density at radius 2 is 1.79 bits per heavy atom. The van der Waals surface area contributed by atoms with Crippen LogP contribution in [0.4, 0.5) is 5.69 Å². The van der Waals surface area contributed by atoms with E-state index in [4.69, 9.17) is 4.74 Å². The second-order valence-electron chi connectivity index (χ2n) is 6.43. The number of rotatable bonds is 6. The van der Waals surface area contributed by atoms with Crippen LogP contribution in [0, 0.1) is 0 Å². The fourth-order valence-electron chi connectivity index (χ4n) is 2.15. The first-order valence-corrected chi connectivity index (χ1v) is 9.04. The monoisotopic (exact) mass is 349 g/mol. The van der Waals surface area contributed by atoms with Crippen molar-refractivity contribution in [1.82, 2.24) is 9.71 Å². The molecule has 0 saturated heterocycles. The van der Waals surface area contributed by atoms with E-state index in [1.54, 1.807) is 52.4 Å². The molecule has 0 bridgehead atoms. The average Bonchev–Trinajstić information content (AvgIpc) is 2.51. The summed E-state index contributed by atoms with van der Waals surface area (Å²) in [5, 5.41) is 3.21. The lowest BCUT2D eigenvalue weighted by atomic mass is 10.1. The van der Waals surface area contributed by atoms with Gasteiger partial charge in [-0.2, -0.15) is 0 Å². The van der Waals surface area contributed by atoms with Crippen LogP contribution in [-0.4, -0.2) is 26.1 Å². The number of hydrogen-bond donors (Lipinski definition) is 2. The SMILES string of the molecule is COc1ccc(S(=O)(=O)NC(C)(C)C)cc1NCc1ccncc1. The van der Waals surface area contributed by atoms with Gasteiger partial charge >= 0.3 is 0 Å². The molecule has 130 valence electrons. The van der Waals surface area contributed by atoms with E-state index in [-0.39, 0.29) is 4.90 Å². The predicted octanol–water partition coefficient (Wildman–Crippen LogP) is 2.78. The number of hydrogen-bond acceptors (Lipinski definition) is 5. The zero-order chi connectivity index (χ0) is 17.8. The molecule has 0 amide bonds. The van der Waals surface area contributed by atoms with Crippen molar-refractivity contribution < 1.29 is 13.2 Å². The topological polar surface area (TPSA) is 80.3 Å². The lowest BCUT2D eigenvalue weighted by molar-refractivity contribution is 0.416. The molecule has 0 unspecified atom stereocenters. The summed E-state index contributed by atoms with van der Waals surface area (Å²) in [7, 11) is -2.05. The number of anilines is 1. The van der Waals surface area contributed by atoms with Gasteiger partial charge in [0.25, 0.3) is 0 Å². The lowest BCUT2D eigenvalue weighted by Crippen LogP contribution is -2.40. The highest BCUT2D eigenvalue weighted by Crippen LogP contribution is 2.28. The minimum Gasteiger partial charge on any atom is -0.495 e. The zero-order valence-corrected chi connectivity index (χ0v) is 15.1. The molecule has 0 aliphatic carbocycles. The number of nitrogens with zero attached hydrogens (tertiary/aromatic N) is 1. The molecular formula is C17H23N3O3S. The Labute approximate surface area is 143 Å². The molecule has 2 N–H and O–H groups in total. The largest absolute Gasteiger partial charge is 0.495 e. The van der Waals surface area contributed by atoms with Gasteiger partial charge in [0.15, 0.2) is 0 Å². The minimum atomic E-state index is -3.60. The second-order valence-corrected chi connectivity index (χ2v) is 8.11. The summed E-state index contributed by atoms with van der Waals surface area (Å²) in [6, 6.07) is 8.53. The Morgan fingerprint density at radius 3 is 2.38 bits per heavy atom. The lowest BCUT2D eigenvalue weighted by Gasteiger charge is -2.21. The van der Waals surface area contributed by atoms with Crippen LogP contribution in [0.2, 0.25) is 0 Å². The molecule has 1 heterocycles. The third-order valence-corrected chi connectivity index (χ3v) is 4.91. The summed E-state index contributed by atoms with van der Waals surface area (Å²) in [5.41, 5.74) is 1.10. The van der Waals surface area contributed by atoms with Crippen molar-refractivity contribution >= 4 is 15.7 Å². The highest BCUT2D eigenvalue weighted by atomic mass is 32.2. The summed E-state index contributed by atoms with van der Waals surface area (Å²) >= 11 is 0. The van der Waals surface area contributed by atoms with Gasteiger partial charge in [-0.3, -0.25) is 4.98 Å². The van der Waals surface area contributed by atoms with E-state index in [1.807, 2.05) is 12.1 Å². The number of pyridine rings is 1. The Balaban J connectivity index is 2.27. The van der Waals surface area contributed by atoms with Crippen molar-refractivity contribution in [3.8, 4) is 5.75 Å². The Kier molecular flexibility index (Phi) is 5.46. The van der Waals surface area contributed by atoms with E-state index in [0.717, 1.165) is 5.56 Å². The van der Waals surface area contributed by atoms with Crippen LogP contribution in [0.25, 0.3) is 0 Å². The van der Waals surface area contributed by atoms with E-state index >= 15 is 0 Å². The van der Waals surface area contributed by atoms with Crippen LogP contribution in [0.15, 0.2) is 47.6 Å². The quantitative estimate of drug-likeness (QED) is 0.838. The number of benzene rings is 1. The number of methoxy groups -OCH3 is 1. The standard InChI is InChI=1S/C17H23N3O3S/c1-17(2,3)20-24(21,22)14-5-6-16(23-4)15(11-14)19-12-13-7-9-18-10-8-13/h5-11,19-20H,12H2,1-4H3. The predicted molar refractivity (Wildman–Crippen MR) is 94.6 cm³/mol.